The lowest BCUT2D eigenvalue weighted by atomic mass is 9.99. The minimum atomic E-state index is -0.134. The van der Waals surface area contributed by atoms with Crippen molar-refractivity contribution in [2.75, 3.05) is 18.0 Å². The summed E-state index contributed by atoms with van der Waals surface area (Å²) in [4.78, 5) is 24.3. The lowest BCUT2D eigenvalue weighted by Gasteiger charge is -2.31. The van der Waals surface area contributed by atoms with E-state index >= 15 is 0 Å². The van der Waals surface area contributed by atoms with Gasteiger partial charge < -0.3 is 10.2 Å². The van der Waals surface area contributed by atoms with Crippen molar-refractivity contribution >= 4 is 11.7 Å². The fraction of sp³-hybridized carbons (Fsp3) is 0.476. The Kier molecular flexibility index (Phi) is 5.86. The van der Waals surface area contributed by atoms with Crippen molar-refractivity contribution in [2.45, 2.75) is 46.1 Å². The minimum Gasteiger partial charge on any atom is -0.356 e. The maximum atomic E-state index is 12.7. The molecule has 5 heteroatoms. The molecule has 0 bridgehead atoms. The van der Waals surface area contributed by atoms with E-state index in [2.05, 4.69) is 29.0 Å². The van der Waals surface area contributed by atoms with Gasteiger partial charge in [0.2, 0.25) is 0 Å². The van der Waals surface area contributed by atoms with Crippen molar-refractivity contribution in [1.82, 2.24) is 15.3 Å². The molecule has 1 unspecified atom stereocenters. The van der Waals surface area contributed by atoms with Gasteiger partial charge >= 0.3 is 0 Å². The number of rotatable bonds is 5. The van der Waals surface area contributed by atoms with Crippen molar-refractivity contribution in [1.29, 1.82) is 0 Å². The van der Waals surface area contributed by atoms with Crippen LogP contribution in [0, 0.1) is 5.92 Å². The summed E-state index contributed by atoms with van der Waals surface area (Å²) in [7, 11) is 0. The number of anilines is 1. The molecule has 1 N–H and O–H groups in total. The molecule has 1 aromatic heterocycles. The van der Waals surface area contributed by atoms with Gasteiger partial charge in [0.25, 0.3) is 5.91 Å². The fourth-order valence-electron chi connectivity index (χ4n) is 3.07. The summed E-state index contributed by atoms with van der Waals surface area (Å²) in [6.07, 6.45) is 3.19. The highest BCUT2D eigenvalue weighted by Crippen LogP contribution is 2.24. The van der Waals surface area contributed by atoms with Crippen LogP contribution in [0.5, 0.6) is 0 Å². The fourth-order valence-corrected chi connectivity index (χ4v) is 3.07. The average molecular weight is 352 g/mol. The Labute approximate surface area is 155 Å². The predicted octanol–water partition coefficient (Wildman–Crippen LogP) is 3.91. The van der Waals surface area contributed by atoms with Crippen LogP contribution in [0.15, 0.2) is 36.4 Å². The molecule has 1 fully saturated rings. The Morgan fingerprint density at radius 1 is 1.23 bits per heavy atom. The monoisotopic (exact) mass is 352 g/mol. The number of carbonyl (C=O) groups is 1. The number of nitrogens with one attached hydrogen (secondary N) is 1. The maximum absolute atomic E-state index is 12.7. The van der Waals surface area contributed by atoms with E-state index in [1.807, 2.05) is 43.3 Å². The maximum Gasteiger partial charge on any atom is 0.270 e. The molecule has 0 aliphatic carbocycles. The number of piperidine rings is 1. The van der Waals surface area contributed by atoms with E-state index in [1.54, 1.807) is 0 Å². The Morgan fingerprint density at radius 2 is 1.92 bits per heavy atom. The average Bonchev–Trinajstić information content (AvgIpc) is 2.68. The van der Waals surface area contributed by atoms with Crippen LogP contribution in [0.3, 0.4) is 0 Å². The number of hydrogen-bond acceptors (Lipinski definition) is 4. The van der Waals surface area contributed by atoms with Gasteiger partial charge in [0.05, 0.1) is 0 Å². The van der Waals surface area contributed by atoms with E-state index in [1.165, 1.54) is 0 Å². The van der Waals surface area contributed by atoms with Crippen LogP contribution < -0.4 is 10.2 Å². The second kappa shape index (κ2) is 8.30. The number of amides is 1. The summed E-state index contributed by atoms with van der Waals surface area (Å²) in [6, 6.07) is 11.8. The summed E-state index contributed by atoms with van der Waals surface area (Å²) in [5.41, 5.74) is 1.37. The SMILES string of the molecule is CCC(C)NC(=O)c1cc(N2CCC(C)CC2)nc(-c2ccccc2)n1. The molecule has 1 saturated heterocycles. The minimum absolute atomic E-state index is 0.122. The highest BCUT2D eigenvalue weighted by Gasteiger charge is 2.21. The Hall–Kier alpha value is -2.43. The van der Waals surface area contributed by atoms with Crippen molar-refractivity contribution in [2.24, 2.45) is 5.92 Å². The molecule has 1 aromatic carbocycles. The molecule has 1 aliphatic heterocycles. The first-order chi connectivity index (χ1) is 12.6. The van der Waals surface area contributed by atoms with E-state index in [4.69, 9.17) is 4.98 Å². The third-order valence-corrected chi connectivity index (χ3v) is 5.07. The lowest BCUT2D eigenvalue weighted by molar-refractivity contribution is 0.0934. The van der Waals surface area contributed by atoms with Crippen LogP contribution >= 0.6 is 0 Å². The summed E-state index contributed by atoms with van der Waals surface area (Å²) in [6.45, 7) is 8.29. The molecular formula is C21H28N4O. The number of aromatic nitrogens is 2. The van der Waals surface area contributed by atoms with Crippen molar-refractivity contribution in [3.8, 4) is 11.4 Å². The lowest BCUT2D eigenvalue weighted by Crippen LogP contribution is -2.35. The highest BCUT2D eigenvalue weighted by atomic mass is 16.1. The van der Waals surface area contributed by atoms with E-state index < -0.39 is 0 Å². The van der Waals surface area contributed by atoms with Crippen LogP contribution in [0.2, 0.25) is 0 Å². The smallest absolute Gasteiger partial charge is 0.270 e. The first kappa shape index (κ1) is 18.4. The summed E-state index contributed by atoms with van der Waals surface area (Å²) >= 11 is 0. The topological polar surface area (TPSA) is 58.1 Å². The number of benzene rings is 1. The van der Waals surface area contributed by atoms with Gasteiger partial charge in [-0.25, -0.2) is 9.97 Å². The first-order valence-electron chi connectivity index (χ1n) is 9.57. The molecule has 1 aliphatic rings. The van der Waals surface area contributed by atoms with Gasteiger partial charge in [0.15, 0.2) is 5.82 Å². The van der Waals surface area contributed by atoms with E-state index in [0.29, 0.717) is 11.5 Å². The van der Waals surface area contributed by atoms with Crippen LogP contribution in [0.1, 0.15) is 50.5 Å². The van der Waals surface area contributed by atoms with Crippen LogP contribution in [-0.4, -0.2) is 35.0 Å². The zero-order valence-electron chi connectivity index (χ0n) is 15.9. The second-order valence-electron chi connectivity index (χ2n) is 7.25. The normalized spacial score (nSPS) is 16.3. The molecule has 5 nitrogen and oxygen atoms in total. The van der Waals surface area contributed by atoms with Gasteiger partial charge in [-0.1, -0.05) is 44.2 Å². The molecule has 0 saturated carbocycles. The van der Waals surface area contributed by atoms with Crippen LogP contribution in [0.4, 0.5) is 5.82 Å². The molecule has 0 spiro atoms. The quantitative estimate of drug-likeness (QED) is 0.886. The van der Waals surface area contributed by atoms with Gasteiger partial charge in [-0.15, -0.1) is 0 Å². The summed E-state index contributed by atoms with van der Waals surface area (Å²) < 4.78 is 0. The summed E-state index contributed by atoms with van der Waals surface area (Å²) in [5, 5.41) is 3.01. The molecule has 0 radical (unpaired) electrons. The molecule has 1 atom stereocenters. The number of hydrogen-bond donors (Lipinski definition) is 1. The Balaban J connectivity index is 1.95. The zero-order chi connectivity index (χ0) is 18.5. The first-order valence-corrected chi connectivity index (χ1v) is 9.57. The van der Waals surface area contributed by atoms with Crippen LogP contribution in [-0.2, 0) is 0 Å². The molecule has 3 rings (SSSR count). The van der Waals surface area contributed by atoms with E-state index in [-0.39, 0.29) is 11.9 Å². The van der Waals surface area contributed by atoms with Crippen molar-refractivity contribution < 1.29 is 4.79 Å². The van der Waals surface area contributed by atoms with Gasteiger partial charge in [-0.2, -0.15) is 0 Å². The number of carbonyl (C=O) groups excluding carboxylic acids is 1. The second-order valence-corrected chi connectivity index (χ2v) is 7.25. The van der Waals surface area contributed by atoms with E-state index in [9.17, 15) is 4.79 Å². The van der Waals surface area contributed by atoms with Crippen LogP contribution in [0.25, 0.3) is 11.4 Å². The van der Waals surface area contributed by atoms with Gasteiger partial charge in [-0.05, 0) is 32.1 Å². The largest absolute Gasteiger partial charge is 0.356 e. The zero-order valence-corrected chi connectivity index (χ0v) is 15.9. The van der Waals surface area contributed by atoms with Crippen molar-refractivity contribution in [3.05, 3.63) is 42.1 Å². The Morgan fingerprint density at radius 3 is 2.58 bits per heavy atom. The molecular weight excluding hydrogens is 324 g/mol. The predicted molar refractivity (Wildman–Crippen MR) is 105 cm³/mol. The number of nitrogens with zero attached hydrogens (tertiary/aromatic N) is 3. The Bertz CT molecular complexity index is 739. The molecule has 138 valence electrons. The van der Waals surface area contributed by atoms with Gasteiger partial charge in [0.1, 0.15) is 11.5 Å². The molecule has 2 aromatic rings. The highest BCUT2D eigenvalue weighted by molar-refractivity contribution is 5.93. The third kappa shape index (κ3) is 4.40. The van der Waals surface area contributed by atoms with Gasteiger partial charge in [-0.3, -0.25) is 4.79 Å². The summed E-state index contributed by atoms with van der Waals surface area (Å²) in [5.74, 6) is 2.07. The molecule has 1 amide bonds. The third-order valence-electron chi connectivity index (χ3n) is 5.07. The standard InChI is InChI=1S/C21H28N4O/c1-4-16(3)22-21(26)18-14-19(25-12-10-15(2)11-13-25)24-20(23-18)17-8-6-5-7-9-17/h5-9,14-16H,4,10-13H2,1-3H3,(H,22,26). The molecule has 2 heterocycles. The van der Waals surface area contributed by atoms with E-state index in [0.717, 1.165) is 49.7 Å². The van der Waals surface area contributed by atoms with Gasteiger partial charge in [0, 0.05) is 30.8 Å². The molecule has 26 heavy (non-hydrogen) atoms. The van der Waals surface area contributed by atoms with Crippen molar-refractivity contribution in [3.63, 3.8) is 0 Å².